The van der Waals surface area contributed by atoms with Gasteiger partial charge >= 0.3 is 0 Å². The van der Waals surface area contributed by atoms with Gasteiger partial charge in [0.25, 0.3) is 10.0 Å². The molecule has 7 heteroatoms. The lowest BCUT2D eigenvalue weighted by Gasteiger charge is -2.10. The first-order valence-corrected chi connectivity index (χ1v) is 8.86. The van der Waals surface area contributed by atoms with Gasteiger partial charge in [0, 0.05) is 18.1 Å². The molecule has 0 atom stereocenters. The smallest absolute Gasteiger partial charge is 0.268 e. The van der Waals surface area contributed by atoms with Gasteiger partial charge in [0.1, 0.15) is 18.2 Å². The van der Waals surface area contributed by atoms with Crippen LogP contribution in [0.25, 0.3) is 10.9 Å². The molecule has 1 N–H and O–H groups in total. The Morgan fingerprint density at radius 1 is 1.17 bits per heavy atom. The third-order valence-corrected chi connectivity index (χ3v) is 5.31. The number of likely N-dealkylation sites (N-methyl/N-ethyl adjacent to an activating group) is 1. The number of nitrogens with zero attached hydrogens (tertiary/aromatic N) is 1. The Bertz CT molecular complexity index is 967. The van der Waals surface area contributed by atoms with Crippen molar-refractivity contribution in [3.63, 3.8) is 0 Å². The van der Waals surface area contributed by atoms with Crippen molar-refractivity contribution in [2.24, 2.45) is 0 Å². The number of fused-ring (bicyclic) bond motifs is 1. The largest absolute Gasteiger partial charge is 0.492 e. The van der Waals surface area contributed by atoms with Crippen molar-refractivity contribution >= 4 is 20.9 Å². The quantitative estimate of drug-likeness (QED) is 0.696. The minimum absolute atomic E-state index is 0.0958. The Balaban J connectivity index is 2.06. The number of ether oxygens (including phenoxy) is 1. The zero-order valence-electron chi connectivity index (χ0n) is 13.1. The van der Waals surface area contributed by atoms with Gasteiger partial charge in [0.2, 0.25) is 0 Å². The maximum Gasteiger partial charge on any atom is 0.268 e. The van der Waals surface area contributed by atoms with E-state index >= 15 is 0 Å². The van der Waals surface area contributed by atoms with Crippen LogP contribution in [0.1, 0.15) is 0 Å². The third-order valence-electron chi connectivity index (χ3n) is 3.62. The molecule has 0 aliphatic heterocycles. The highest BCUT2D eigenvalue weighted by Crippen LogP contribution is 2.29. The SMILES string of the molecule is CNCCOc1cccc2c1ccn2S(=O)(=O)c1cccc(F)c1. The van der Waals surface area contributed by atoms with E-state index in [9.17, 15) is 12.8 Å². The van der Waals surface area contributed by atoms with E-state index in [4.69, 9.17) is 4.74 Å². The van der Waals surface area contributed by atoms with E-state index in [1.807, 2.05) is 7.05 Å². The second-order valence-corrected chi connectivity index (χ2v) is 7.03. The summed E-state index contributed by atoms with van der Waals surface area (Å²) in [6.45, 7) is 1.15. The Morgan fingerprint density at radius 3 is 2.71 bits per heavy atom. The van der Waals surface area contributed by atoms with Crippen LogP contribution >= 0.6 is 0 Å². The van der Waals surface area contributed by atoms with Crippen molar-refractivity contribution in [3.05, 3.63) is 60.5 Å². The fraction of sp³-hybridized carbons (Fsp3) is 0.176. The summed E-state index contributed by atoms with van der Waals surface area (Å²) in [7, 11) is -2.05. The summed E-state index contributed by atoms with van der Waals surface area (Å²) in [4.78, 5) is -0.0958. The molecule has 0 spiro atoms. The van der Waals surface area contributed by atoms with Crippen LogP contribution in [0, 0.1) is 5.82 Å². The standard InChI is InChI=1S/C17H17FN2O3S/c1-19-9-11-23-17-7-3-6-16-15(17)8-10-20(16)24(21,22)14-5-2-4-13(18)12-14/h2-8,10,12,19H,9,11H2,1H3. The summed E-state index contributed by atoms with van der Waals surface area (Å²) < 4.78 is 45.8. The van der Waals surface area contributed by atoms with Crippen molar-refractivity contribution in [3.8, 4) is 5.75 Å². The van der Waals surface area contributed by atoms with Crippen LogP contribution in [-0.4, -0.2) is 32.6 Å². The number of aromatic nitrogens is 1. The Morgan fingerprint density at radius 2 is 1.96 bits per heavy atom. The van der Waals surface area contributed by atoms with Gasteiger partial charge in [-0.2, -0.15) is 0 Å². The van der Waals surface area contributed by atoms with E-state index in [0.717, 1.165) is 10.0 Å². The molecule has 3 rings (SSSR count). The Labute approximate surface area is 139 Å². The van der Waals surface area contributed by atoms with E-state index in [-0.39, 0.29) is 4.90 Å². The van der Waals surface area contributed by atoms with E-state index in [0.29, 0.717) is 29.8 Å². The van der Waals surface area contributed by atoms with Gasteiger partial charge in [-0.1, -0.05) is 12.1 Å². The molecule has 0 fully saturated rings. The van der Waals surface area contributed by atoms with Crippen LogP contribution in [0.2, 0.25) is 0 Å². The molecule has 0 unspecified atom stereocenters. The molecule has 1 aromatic heterocycles. The number of halogens is 1. The Kier molecular flexibility index (Phi) is 4.55. The predicted molar refractivity (Wildman–Crippen MR) is 90.3 cm³/mol. The van der Waals surface area contributed by atoms with Crippen LogP contribution in [-0.2, 0) is 10.0 Å². The second-order valence-electron chi connectivity index (χ2n) is 5.21. The van der Waals surface area contributed by atoms with Gasteiger partial charge in [-0.25, -0.2) is 16.8 Å². The zero-order valence-corrected chi connectivity index (χ0v) is 13.9. The maximum absolute atomic E-state index is 13.4. The number of rotatable bonds is 6. The topological polar surface area (TPSA) is 60.3 Å². The van der Waals surface area contributed by atoms with Gasteiger partial charge < -0.3 is 10.1 Å². The summed E-state index contributed by atoms with van der Waals surface area (Å²) in [6, 6.07) is 11.9. The summed E-state index contributed by atoms with van der Waals surface area (Å²) in [5, 5.41) is 3.67. The molecule has 0 aliphatic rings. The first kappa shape index (κ1) is 16.5. The van der Waals surface area contributed by atoms with Gasteiger partial charge in [0.05, 0.1) is 10.4 Å². The van der Waals surface area contributed by atoms with Gasteiger partial charge in [-0.3, -0.25) is 0 Å². The van der Waals surface area contributed by atoms with E-state index < -0.39 is 15.8 Å². The third kappa shape index (κ3) is 3.00. The minimum atomic E-state index is -3.88. The van der Waals surface area contributed by atoms with Gasteiger partial charge in [-0.05, 0) is 43.4 Å². The zero-order chi connectivity index (χ0) is 17.2. The average Bonchev–Trinajstić information content (AvgIpc) is 3.01. The molecule has 2 aromatic carbocycles. The molecule has 0 aliphatic carbocycles. The number of hydrogen-bond donors (Lipinski definition) is 1. The fourth-order valence-electron chi connectivity index (χ4n) is 2.45. The van der Waals surface area contributed by atoms with Crippen molar-refractivity contribution in [1.29, 1.82) is 0 Å². The second kappa shape index (κ2) is 6.62. The molecule has 24 heavy (non-hydrogen) atoms. The molecular formula is C17H17FN2O3S. The highest BCUT2D eigenvalue weighted by molar-refractivity contribution is 7.90. The molecule has 5 nitrogen and oxygen atoms in total. The molecule has 3 aromatic rings. The summed E-state index contributed by atoms with van der Waals surface area (Å²) in [6.07, 6.45) is 1.45. The molecule has 1 heterocycles. The first-order chi connectivity index (χ1) is 11.5. The molecule has 0 amide bonds. The summed E-state index contributed by atoms with van der Waals surface area (Å²) in [5.41, 5.74) is 0.487. The fourth-order valence-corrected chi connectivity index (χ4v) is 3.83. The summed E-state index contributed by atoms with van der Waals surface area (Å²) >= 11 is 0. The normalized spacial score (nSPS) is 11.8. The number of nitrogens with one attached hydrogen (secondary N) is 1. The van der Waals surface area contributed by atoms with Crippen LogP contribution in [0.5, 0.6) is 5.75 Å². The Hall–Kier alpha value is -2.38. The average molecular weight is 348 g/mol. The lowest BCUT2D eigenvalue weighted by atomic mass is 10.2. The van der Waals surface area contributed by atoms with Crippen molar-refractivity contribution < 1.29 is 17.5 Å². The van der Waals surface area contributed by atoms with E-state index in [1.165, 1.54) is 24.4 Å². The van der Waals surface area contributed by atoms with Crippen LogP contribution in [0.4, 0.5) is 4.39 Å². The van der Waals surface area contributed by atoms with Gasteiger partial charge in [0.15, 0.2) is 0 Å². The van der Waals surface area contributed by atoms with E-state index in [1.54, 1.807) is 24.3 Å². The highest BCUT2D eigenvalue weighted by Gasteiger charge is 2.20. The monoisotopic (exact) mass is 348 g/mol. The van der Waals surface area contributed by atoms with Crippen LogP contribution in [0.15, 0.2) is 59.6 Å². The lowest BCUT2D eigenvalue weighted by molar-refractivity contribution is 0.322. The lowest BCUT2D eigenvalue weighted by Crippen LogP contribution is -2.16. The molecule has 126 valence electrons. The predicted octanol–water partition coefficient (Wildman–Crippen LogP) is 2.62. The summed E-state index contributed by atoms with van der Waals surface area (Å²) in [5.74, 6) is 0.0135. The van der Waals surface area contributed by atoms with Crippen molar-refractivity contribution in [2.45, 2.75) is 4.90 Å². The number of hydrogen-bond acceptors (Lipinski definition) is 4. The van der Waals surface area contributed by atoms with Crippen molar-refractivity contribution in [1.82, 2.24) is 9.29 Å². The first-order valence-electron chi connectivity index (χ1n) is 7.42. The maximum atomic E-state index is 13.4. The van der Waals surface area contributed by atoms with E-state index in [2.05, 4.69) is 5.32 Å². The van der Waals surface area contributed by atoms with Gasteiger partial charge in [-0.15, -0.1) is 0 Å². The molecule has 0 radical (unpaired) electrons. The molecule has 0 saturated carbocycles. The van der Waals surface area contributed by atoms with Crippen LogP contribution in [0.3, 0.4) is 0 Å². The van der Waals surface area contributed by atoms with Crippen LogP contribution < -0.4 is 10.1 Å². The molecular weight excluding hydrogens is 331 g/mol. The molecule has 0 saturated heterocycles. The molecule has 0 bridgehead atoms. The highest BCUT2D eigenvalue weighted by atomic mass is 32.2. The number of benzene rings is 2. The van der Waals surface area contributed by atoms with Crippen molar-refractivity contribution in [2.75, 3.05) is 20.2 Å². The minimum Gasteiger partial charge on any atom is -0.492 e.